The number of imidazole rings is 1. The lowest BCUT2D eigenvalue weighted by molar-refractivity contribution is -0.144. The van der Waals surface area contributed by atoms with Crippen LogP contribution in [0.3, 0.4) is 0 Å². The van der Waals surface area contributed by atoms with Crippen molar-refractivity contribution in [3.8, 4) is 5.75 Å². The van der Waals surface area contributed by atoms with Crippen LogP contribution in [0.1, 0.15) is 30.8 Å². The minimum atomic E-state index is -0.661. The monoisotopic (exact) mass is 331 g/mol. The SMILES string of the molecule is CCOC(=O)C(N)Cc1ccc(OC)c(Cn2ccnc2CC)c1. The van der Waals surface area contributed by atoms with Crippen LogP contribution in [0.4, 0.5) is 0 Å². The summed E-state index contributed by atoms with van der Waals surface area (Å²) in [6.45, 7) is 4.84. The van der Waals surface area contributed by atoms with Crippen molar-refractivity contribution in [1.82, 2.24) is 9.55 Å². The lowest BCUT2D eigenvalue weighted by atomic mass is 10.0. The second kappa shape index (κ2) is 8.49. The number of nitrogens with zero attached hydrogens (tertiary/aromatic N) is 2. The Kier molecular flexibility index (Phi) is 6.37. The summed E-state index contributed by atoms with van der Waals surface area (Å²) in [6, 6.07) is 5.20. The summed E-state index contributed by atoms with van der Waals surface area (Å²) >= 11 is 0. The minimum absolute atomic E-state index is 0.334. The average Bonchev–Trinajstić information content (AvgIpc) is 3.02. The number of benzene rings is 1. The molecule has 1 aromatic carbocycles. The first-order valence-corrected chi connectivity index (χ1v) is 8.17. The fourth-order valence-electron chi connectivity index (χ4n) is 2.65. The van der Waals surface area contributed by atoms with Gasteiger partial charge in [-0.25, -0.2) is 4.98 Å². The molecule has 0 spiro atoms. The summed E-state index contributed by atoms with van der Waals surface area (Å²) in [5, 5.41) is 0. The van der Waals surface area contributed by atoms with E-state index in [1.54, 1.807) is 20.2 Å². The van der Waals surface area contributed by atoms with Gasteiger partial charge in [-0.2, -0.15) is 0 Å². The predicted molar refractivity (Wildman–Crippen MR) is 92.0 cm³/mol. The highest BCUT2D eigenvalue weighted by Gasteiger charge is 2.16. The molecule has 1 aromatic heterocycles. The van der Waals surface area contributed by atoms with E-state index >= 15 is 0 Å². The number of carbonyl (C=O) groups is 1. The van der Waals surface area contributed by atoms with Crippen molar-refractivity contribution in [2.45, 2.75) is 39.3 Å². The Morgan fingerprint density at radius 2 is 2.17 bits per heavy atom. The van der Waals surface area contributed by atoms with E-state index in [1.165, 1.54) is 0 Å². The Bertz CT molecular complexity index is 682. The topological polar surface area (TPSA) is 79.4 Å². The summed E-state index contributed by atoms with van der Waals surface area (Å²) in [5.74, 6) is 1.45. The number of rotatable bonds is 8. The molecule has 0 aliphatic carbocycles. The lowest BCUT2D eigenvalue weighted by Gasteiger charge is -2.15. The van der Waals surface area contributed by atoms with Crippen LogP contribution < -0.4 is 10.5 Å². The predicted octanol–water partition coefficient (Wildman–Crippen LogP) is 1.94. The molecule has 1 unspecified atom stereocenters. The number of aromatic nitrogens is 2. The zero-order valence-electron chi connectivity index (χ0n) is 14.5. The average molecular weight is 331 g/mol. The van der Waals surface area contributed by atoms with Crippen molar-refractivity contribution >= 4 is 5.97 Å². The summed E-state index contributed by atoms with van der Waals surface area (Å²) in [5.41, 5.74) is 7.92. The molecule has 0 saturated carbocycles. The number of carbonyl (C=O) groups excluding carboxylic acids is 1. The van der Waals surface area contributed by atoms with Gasteiger partial charge in [0.2, 0.25) is 0 Å². The maximum absolute atomic E-state index is 11.7. The molecule has 0 bridgehead atoms. The molecule has 0 radical (unpaired) electrons. The molecule has 6 heteroatoms. The summed E-state index contributed by atoms with van der Waals surface area (Å²) in [6.07, 6.45) is 5.05. The molecule has 6 nitrogen and oxygen atoms in total. The first kappa shape index (κ1) is 18.0. The van der Waals surface area contributed by atoms with Crippen LogP contribution in [-0.4, -0.2) is 35.3 Å². The van der Waals surface area contributed by atoms with Crippen molar-refractivity contribution in [2.24, 2.45) is 5.73 Å². The summed E-state index contributed by atoms with van der Waals surface area (Å²) < 4.78 is 12.5. The molecule has 1 heterocycles. The largest absolute Gasteiger partial charge is 0.496 e. The van der Waals surface area contributed by atoms with E-state index in [1.807, 2.05) is 24.4 Å². The van der Waals surface area contributed by atoms with Gasteiger partial charge >= 0.3 is 5.97 Å². The third kappa shape index (κ3) is 4.35. The van der Waals surface area contributed by atoms with Crippen molar-refractivity contribution in [2.75, 3.05) is 13.7 Å². The van der Waals surface area contributed by atoms with Gasteiger partial charge in [-0.1, -0.05) is 19.1 Å². The third-order valence-electron chi connectivity index (χ3n) is 3.85. The molecular formula is C18H25N3O3. The number of methoxy groups -OCH3 is 1. The number of ether oxygens (including phenoxy) is 2. The molecule has 0 amide bonds. The molecule has 2 rings (SSSR count). The van der Waals surface area contributed by atoms with Gasteiger partial charge in [0.1, 0.15) is 17.6 Å². The van der Waals surface area contributed by atoms with Crippen LogP contribution in [0.5, 0.6) is 5.75 Å². The zero-order chi connectivity index (χ0) is 17.5. The van der Waals surface area contributed by atoms with Crippen LogP contribution in [0.2, 0.25) is 0 Å². The van der Waals surface area contributed by atoms with Gasteiger partial charge in [0, 0.05) is 24.4 Å². The molecule has 24 heavy (non-hydrogen) atoms. The summed E-state index contributed by atoms with van der Waals surface area (Å²) in [7, 11) is 1.65. The van der Waals surface area contributed by atoms with Crippen molar-refractivity contribution < 1.29 is 14.3 Å². The molecule has 2 aromatic rings. The van der Waals surface area contributed by atoms with Crippen LogP contribution >= 0.6 is 0 Å². The van der Waals surface area contributed by atoms with Crippen LogP contribution in [-0.2, 0) is 28.9 Å². The summed E-state index contributed by atoms with van der Waals surface area (Å²) in [4.78, 5) is 16.1. The Hall–Kier alpha value is -2.34. The van der Waals surface area contributed by atoms with Gasteiger partial charge in [0.25, 0.3) is 0 Å². The Labute approximate surface area is 142 Å². The first-order chi connectivity index (χ1) is 11.6. The van der Waals surface area contributed by atoms with E-state index in [9.17, 15) is 4.79 Å². The molecule has 1 atom stereocenters. The van der Waals surface area contributed by atoms with E-state index in [4.69, 9.17) is 15.2 Å². The van der Waals surface area contributed by atoms with Gasteiger partial charge in [0.05, 0.1) is 20.3 Å². The standard InChI is InChI=1S/C18H25N3O3/c1-4-17-20-8-9-21(17)12-14-10-13(6-7-16(14)23-3)11-15(19)18(22)24-5-2/h6-10,15H,4-5,11-12,19H2,1-3H3. The zero-order valence-corrected chi connectivity index (χ0v) is 14.5. The van der Waals surface area contributed by atoms with Crippen LogP contribution in [0.15, 0.2) is 30.6 Å². The van der Waals surface area contributed by atoms with Crippen molar-refractivity contribution in [3.63, 3.8) is 0 Å². The number of esters is 1. The molecular weight excluding hydrogens is 306 g/mol. The quantitative estimate of drug-likeness (QED) is 0.748. The number of hydrogen-bond acceptors (Lipinski definition) is 5. The Balaban J connectivity index is 2.19. The minimum Gasteiger partial charge on any atom is -0.496 e. The third-order valence-corrected chi connectivity index (χ3v) is 3.85. The molecule has 130 valence electrons. The second-order valence-corrected chi connectivity index (χ2v) is 5.53. The van der Waals surface area contributed by atoms with E-state index in [-0.39, 0.29) is 5.97 Å². The lowest BCUT2D eigenvalue weighted by Crippen LogP contribution is -2.34. The molecule has 0 aliphatic heterocycles. The fourth-order valence-corrected chi connectivity index (χ4v) is 2.65. The van der Waals surface area contributed by atoms with E-state index in [0.717, 1.165) is 29.1 Å². The van der Waals surface area contributed by atoms with Crippen LogP contribution in [0.25, 0.3) is 0 Å². The smallest absolute Gasteiger partial charge is 0.323 e. The van der Waals surface area contributed by atoms with Crippen molar-refractivity contribution in [1.29, 1.82) is 0 Å². The van der Waals surface area contributed by atoms with E-state index < -0.39 is 6.04 Å². The van der Waals surface area contributed by atoms with Gasteiger partial charge in [-0.05, 0) is 25.0 Å². The number of aryl methyl sites for hydroxylation is 1. The second-order valence-electron chi connectivity index (χ2n) is 5.53. The number of hydrogen-bond donors (Lipinski definition) is 1. The molecule has 0 aliphatic rings. The maximum Gasteiger partial charge on any atom is 0.323 e. The maximum atomic E-state index is 11.7. The molecule has 0 fully saturated rings. The van der Waals surface area contributed by atoms with E-state index in [2.05, 4.69) is 16.5 Å². The highest BCUT2D eigenvalue weighted by molar-refractivity contribution is 5.75. The van der Waals surface area contributed by atoms with Gasteiger partial charge in [-0.3, -0.25) is 4.79 Å². The Morgan fingerprint density at radius 3 is 2.83 bits per heavy atom. The fraction of sp³-hybridized carbons (Fsp3) is 0.444. The normalized spacial score (nSPS) is 12.0. The Morgan fingerprint density at radius 1 is 1.38 bits per heavy atom. The van der Waals surface area contributed by atoms with Gasteiger partial charge < -0.3 is 19.8 Å². The molecule has 2 N–H and O–H groups in total. The van der Waals surface area contributed by atoms with E-state index in [0.29, 0.717) is 19.6 Å². The number of nitrogens with two attached hydrogens (primary N) is 1. The molecule has 0 saturated heterocycles. The van der Waals surface area contributed by atoms with Gasteiger partial charge in [0.15, 0.2) is 0 Å². The first-order valence-electron chi connectivity index (χ1n) is 8.17. The van der Waals surface area contributed by atoms with Gasteiger partial charge in [-0.15, -0.1) is 0 Å². The highest BCUT2D eigenvalue weighted by atomic mass is 16.5. The highest BCUT2D eigenvalue weighted by Crippen LogP contribution is 2.22. The van der Waals surface area contributed by atoms with Crippen LogP contribution in [0, 0.1) is 0 Å². The van der Waals surface area contributed by atoms with Crippen molar-refractivity contribution in [3.05, 3.63) is 47.5 Å².